The van der Waals surface area contributed by atoms with E-state index in [9.17, 15) is 0 Å². The van der Waals surface area contributed by atoms with E-state index in [0.29, 0.717) is 18.7 Å². The number of hydrogen-bond donors (Lipinski definition) is 2. The SMILES string of the molecule is CCNC(=NCC(C1CCCCC1)N(C)C)NC1CCc2nc(COC)nn2C1.I. The number of guanidine groups is 1. The molecule has 30 heavy (non-hydrogen) atoms. The van der Waals surface area contributed by atoms with E-state index in [1.165, 1.54) is 32.1 Å². The van der Waals surface area contributed by atoms with Gasteiger partial charge in [-0.1, -0.05) is 19.3 Å². The molecule has 0 radical (unpaired) electrons. The van der Waals surface area contributed by atoms with Crippen LogP contribution in [0.1, 0.15) is 57.1 Å². The van der Waals surface area contributed by atoms with Gasteiger partial charge < -0.3 is 20.3 Å². The summed E-state index contributed by atoms with van der Waals surface area (Å²) in [4.78, 5) is 11.9. The molecule has 8 nitrogen and oxygen atoms in total. The van der Waals surface area contributed by atoms with Crippen LogP contribution < -0.4 is 10.6 Å². The molecule has 3 rings (SSSR count). The van der Waals surface area contributed by atoms with Crippen LogP contribution in [-0.4, -0.2) is 72.0 Å². The van der Waals surface area contributed by atoms with Gasteiger partial charge in [0, 0.05) is 32.2 Å². The average molecular weight is 534 g/mol. The molecular weight excluding hydrogens is 493 g/mol. The molecule has 9 heteroatoms. The Hall–Kier alpha value is -0.940. The number of fused-ring (bicyclic) bond motifs is 1. The lowest BCUT2D eigenvalue weighted by molar-refractivity contribution is 0.176. The number of methoxy groups -OCH3 is 1. The van der Waals surface area contributed by atoms with Crippen LogP contribution in [0.25, 0.3) is 0 Å². The largest absolute Gasteiger partial charge is 0.377 e. The molecule has 0 amide bonds. The van der Waals surface area contributed by atoms with Gasteiger partial charge in [0.15, 0.2) is 11.8 Å². The molecule has 0 bridgehead atoms. The standard InChI is InChI=1S/C21H39N7O.HI/c1-5-22-21(23-13-18(27(2)3)16-9-7-6-8-10-16)24-17-11-12-20-25-19(15-29-4)26-28(20)14-17;/h16-18H,5-15H2,1-4H3,(H2,22,23,24);1H. The molecular formula is C21H40IN7O. The van der Waals surface area contributed by atoms with Crippen molar-refractivity contribution in [2.45, 2.75) is 77.1 Å². The Labute approximate surface area is 198 Å². The lowest BCUT2D eigenvalue weighted by atomic mass is 9.83. The number of aliphatic imine (C=N–C) groups is 1. The van der Waals surface area contributed by atoms with Crippen molar-refractivity contribution in [3.8, 4) is 0 Å². The van der Waals surface area contributed by atoms with Crippen LogP contribution in [0.15, 0.2) is 4.99 Å². The molecule has 1 fully saturated rings. The lowest BCUT2D eigenvalue weighted by Gasteiger charge is -2.34. The summed E-state index contributed by atoms with van der Waals surface area (Å²) in [6, 6.07) is 0.820. The Morgan fingerprint density at radius 3 is 2.70 bits per heavy atom. The number of halogens is 1. The topological polar surface area (TPSA) is 79.6 Å². The first-order valence-electron chi connectivity index (χ1n) is 11.2. The summed E-state index contributed by atoms with van der Waals surface area (Å²) in [5.74, 6) is 3.50. The molecule has 2 N–H and O–H groups in total. The Morgan fingerprint density at radius 2 is 2.03 bits per heavy atom. The number of aryl methyl sites for hydroxylation is 1. The van der Waals surface area contributed by atoms with Crippen LogP contribution in [0.3, 0.4) is 0 Å². The summed E-state index contributed by atoms with van der Waals surface area (Å²) in [6.07, 6.45) is 8.76. The van der Waals surface area contributed by atoms with Crippen molar-refractivity contribution in [1.29, 1.82) is 0 Å². The van der Waals surface area contributed by atoms with Crippen molar-refractivity contribution in [3.63, 3.8) is 0 Å². The van der Waals surface area contributed by atoms with E-state index in [0.717, 1.165) is 56.0 Å². The average Bonchev–Trinajstić information content (AvgIpc) is 3.11. The van der Waals surface area contributed by atoms with Crippen molar-refractivity contribution in [3.05, 3.63) is 11.6 Å². The van der Waals surface area contributed by atoms with E-state index < -0.39 is 0 Å². The lowest BCUT2D eigenvalue weighted by Crippen LogP contribution is -2.48. The zero-order valence-electron chi connectivity index (χ0n) is 19.1. The first-order chi connectivity index (χ1) is 14.1. The molecule has 2 aliphatic rings. The molecule has 1 aliphatic heterocycles. The predicted molar refractivity (Wildman–Crippen MR) is 131 cm³/mol. The minimum Gasteiger partial charge on any atom is -0.377 e. The van der Waals surface area contributed by atoms with Crippen LogP contribution in [0.5, 0.6) is 0 Å². The van der Waals surface area contributed by atoms with Gasteiger partial charge in [0.2, 0.25) is 0 Å². The van der Waals surface area contributed by atoms with Crippen molar-refractivity contribution >= 4 is 29.9 Å². The second kappa shape index (κ2) is 12.8. The maximum Gasteiger partial charge on any atom is 0.191 e. The molecule has 0 spiro atoms. The van der Waals surface area contributed by atoms with Gasteiger partial charge in [0.25, 0.3) is 0 Å². The van der Waals surface area contributed by atoms with Gasteiger partial charge in [-0.05, 0) is 46.2 Å². The maximum absolute atomic E-state index is 5.17. The van der Waals surface area contributed by atoms with Crippen LogP contribution >= 0.6 is 24.0 Å². The monoisotopic (exact) mass is 533 g/mol. The van der Waals surface area contributed by atoms with Crippen molar-refractivity contribution in [2.24, 2.45) is 10.9 Å². The van der Waals surface area contributed by atoms with Gasteiger partial charge in [-0.3, -0.25) is 4.99 Å². The van der Waals surface area contributed by atoms with Gasteiger partial charge in [-0.15, -0.1) is 24.0 Å². The third kappa shape index (κ3) is 7.05. The second-order valence-corrected chi connectivity index (χ2v) is 8.59. The molecule has 2 atom stereocenters. The molecule has 172 valence electrons. The highest BCUT2D eigenvalue weighted by Gasteiger charge is 2.26. The molecule has 0 saturated heterocycles. The smallest absolute Gasteiger partial charge is 0.191 e. The van der Waals surface area contributed by atoms with Crippen LogP contribution in [0.4, 0.5) is 0 Å². The summed E-state index contributed by atoms with van der Waals surface area (Å²) < 4.78 is 7.18. The van der Waals surface area contributed by atoms with Crippen LogP contribution in [0, 0.1) is 5.92 Å². The minimum atomic E-state index is 0. The number of aromatic nitrogens is 3. The van der Waals surface area contributed by atoms with E-state index in [4.69, 9.17) is 9.73 Å². The summed E-state index contributed by atoms with van der Waals surface area (Å²) in [6.45, 7) is 5.11. The van der Waals surface area contributed by atoms with E-state index in [-0.39, 0.29) is 24.0 Å². The molecule has 0 aromatic carbocycles. The maximum atomic E-state index is 5.17. The van der Waals surface area contributed by atoms with Crippen molar-refractivity contribution in [2.75, 3.05) is 34.3 Å². The fraction of sp³-hybridized carbons (Fsp3) is 0.857. The first kappa shape index (κ1) is 25.3. The van der Waals surface area contributed by atoms with E-state index in [1.54, 1.807) is 7.11 Å². The van der Waals surface area contributed by atoms with Gasteiger partial charge in [-0.25, -0.2) is 9.67 Å². The summed E-state index contributed by atoms with van der Waals surface area (Å²) in [5.41, 5.74) is 0. The summed E-state index contributed by atoms with van der Waals surface area (Å²) in [7, 11) is 6.07. The first-order valence-corrected chi connectivity index (χ1v) is 11.2. The number of likely N-dealkylation sites (N-methyl/N-ethyl adjacent to an activating group) is 1. The van der Waals surface area contributed by atoms with Crippen LogP contribution in [0.2, 0.25) is 0 Å². The summed E-state index contributed by atoms with van der Waals surface area (Å²) >= 11 is 0. The molecule has 1 aromatic rings. The highest BCUT2D eigenvalue weighted by Crippen LogP contribution is 2.28. The Morgan fingerprint density at radius 1 is 1.27 bits per heavy atom. The number of nitrogens with zero attached hydrogens (tertiary/aromatic N) is 5. The molecule has 1 aromatic heterocycles. The number of hydrogen-bond acceptors (Lipinski definition) is 5. The van der Waals surface area contributed by atoms with E-state index in [2.05, 4.69) is 46.6 Å². The quantitative estimate of drug-likeness (QED) is 0.304. The summed E-state index contributed by atoms with van der Waals surface area (Å²) in [5, 5.41) is 11.6. The van der Waals surface area contributed by atoms with E-state index >= 15 is 0 Å². The highest BCUT2D eigenvalue weighted by molar-refractivity contribution is 14.0. The molecule has 2 unspecified atom stereocenters. The normalized spacial score (nSPS) is 21.1. The Bertz CT molecular complexity index is 658. The van der Waals surface area contributed by atoms with Crippen LogP contribution in [-0.2, 0) is 24.3 Å². The fourth-order valence-corrected chi connectivity index (χ4v) is 4.62. The zero-order chi connectivity index (χ0) is 20.6. The second-order valence-electron chi connectivity index (χ2n) is 8.59. The predicted octanol–water partition coefficient (Wildman–Crippen LogP) is 2.42. The fourth-order valence-electron chi connectivity index (χ4n) is 4.62. The molecule has 1 saturated carbocycles. The molecule has 1 aliphatic carbocycles. The highest BCUT2D eigenvalue weighted by atomic mass is 127. The van der Waals surface area contributed by atoms with Gasteiger partial charge in [0.05, 0.1) is 13.1 Å². The number of rotatable bonds is 8. The number of ether oxygens (including phenoxy) is 1. The minimum absolute atomic E-state index is 0. The van der Waals surface area contributed by atoms with E-state index in [1.807, 2.05) is 4.68 Å². The van der Waals surface area contributed by atoms with Crippen molar-refractivity contribution in [1.82, 2.24) is 30.3 Å². The molecule has 2 heterocycles. The third-order valence-electron chi connectivity index (χ3n) is 6.15. The van der Waals surface area contributed by atoms with Crippen molar-refractivity contribution < 1.29 is 4.74 Å². The Balaban J connectivity index is 0.00000320. The number of nitrogens with one attached hydrogen (secondary N) is 2. The van der Waals surface area contributed by atoms with Gasteiger partial charge in [-0.2, -0.15) is 5.10 Å². The zero-order valence-corrected chi connectivity index (χ0v) is 21.4. The Kier molecular flexibility index (Phi) is 10.8. The van der Waals surface area contributed by atoms with Gasteiger partial charge in [0.1, 0.15) is 12.4 Å². The third-order valence-corrected chi connectivity index (χ3v) is 6.15. The van der Waals surface area contributed by atoms with Gasteiger partial charge >= 0.3 is 0 Å².